The maximum Gasteiger partial charge on any atom is 0.416 e. The van der Waals surface area contributed by atoms with E-state index in [1.54, 1.807) is 29.2 Å². The third-order valence-corrected chi connectivity index (χ3v) is 7.12. The van der Waals surface area contributed by atoms with E-state index in [4.69, 9.17) is 21.4 Å². The summed E-state index contributed by atoms with van der Waals surface area (Å²) in [5.74, 6) is 0.0998. The highest BCUT2D eigenvalue weighted by atomic mass is 35.5. The van der Waals surface area contributed by atoms with Crippen molar-refractivity contribution in [1.29, 1.82) is 0 Å². The van der Waals surface area contributed by atoms with Crippen molar-refractivity contribution in [2.75, 3.05) is 25.1 Å². The molecule has 5 rings (SSSR count). The Hall–Kier alpha value is -3.53. The molecular formula is C26H24ClF3N4O3. The van der Waals surface area contributed by atoms with Gasteiger partial charge in [-0.1, -0.05) is 23.7 Å². The fourth-order valence-corrected chi connectivity index (χ4v) is 5.11. The largest absolute Gasteiger partial charge is 0.416 e. The van der Waals surface area contributed by atoms with E-state index in [1.807, 2.05) is 4.90 Å². The molecule has 3 aromatic rings. The van der Waals surface area contributed by atoms with Gasteiger partial charge in [0.2, 0.25) is 5.95 Å². The molecule has 194 valence electrons. The molecule has 1 atom stereocenters. The Balaban J connectivity index is 1.45. The number of rotatable bonds is 4. The molecule has 1 amide bonds. The Morgan fingerprint density at radius 2 is 1.78 bits per heavy atom. The van der Waals surface area contributed by atoms with Crippen molar-refractivity contribution < 1.29 is 22.8 Å². The van der Waals surface area contributed by atoms with Crippen LogP contribution in [-0.4, -0.2) is 40.7 Å². The number of aromatic nitrogens is 2. The molecule has 1 saturated heterocycles. The molecule has 2 aliphatic heterocycles. The summed E-state index contributed by atoms with van der Waals surface area (Å²) in [6, 6.07) is 11.4. The number of amides is 1. The zero-order valence-corrected chi connectivity index (χ0v) is 20.7. The van der Waals surface area contributed by atoms with Gasteiger partial charge in [-0.05, 0) is 54.8 Å². The van der Waals surface area contributed by atoms with Crippen LogP contribution < -0.4 is 15.3 Å². The lowest BCUT2D eigenvalue weighted by molar-refractivity contribution is -0.137. The van der Waals surface area contributed by atoms with Crippen LogP contribution in [0.1, 0.15) is 51.6 Å². The second-order valence-electron chi connectivity index (χ2n) is 9.07. The summed E-state index contributed by atoms with van der Waals surface area (Å²) in [5, 5.41) is 0.525. The average Bonchev–Trinajstić information content (AvgIpc) is 3.38. The number of halogens is 4. The van der Waals surface area contributed by atoms with E-state index in [-0.39, 0.29) is 18.5 Å². The SMILES string of the molecule is COn1c(N2CCC[C@@H]2c2ccc(C(F)(F)F)cc2)nc2c(c1=O)CN(C(=O)c1ccc(Cl)cc1)CC2. The van der Waals surface area contributed by atoms with Gasteiger partial charge >= 0.3 is 6.18 Å². The second kappa shape index (κ2) is 9.74. The van der Waals surface area contributed by atoms with E-state index < -0.39 is 17.3 Å². The molecule has 1 fully saturated rings. The molecule has 0 bridgehead atoms. The van der Waals surface area contributed by atoms with Crippen molar-refractivity contribution in [2.24, 2.45) is 0 Å². The molecule has 0 spiro atoms. The van der Waals surface area contributed by atoms with Crippen molar-refractivity contribution >= 4 is 23.5 Å². The van der Waals surface area contributed by atoms with Gasteiger partial charge in [0.05, 0.1) is 29.4 Å². The molecule has 0 N–H and O–H groups in total. The van der Waals surface area contributed by atoms with Gasteiger partial charge < -0.3 is 14.6 Å². The Labute approximate surface area is 216 Å². The van der Waals surface area contributed by atoms with Crippen LogP contribution in [-0.2, 0) is 19.1 Å². The summed E-state index contributed by atoms with van der Waals surface area (Å²) < 4.78 is 40.2. The quantitative estimate of drug-likeness (QED) is 0.494. The van der Waals surface area contributed by atoms with Crippen LogP contribution in [0.25, 0.3) is 0 Å². The minimum Gasteiger partial charge on any atom is -0.411 e. The first kappa shape index (κ1) is 25.1. The predicted octanol–water partition coefficient (Wildman–Crippen LogP) is 4.51. The molecule has 37 heavy (non-hydrogen) atoms. The second-order valence-corrected chi connectivity index (χ2v) is 9.51. The fraction of sp³-hybridized carbons (Fsp3) is 0.346. The number of hydrogen-bond acceptors (Lipinski definition) is 5. The van der Waals surface area contributed by atoms with Crippen LogP contribution >= 0.6 is 11.6 Å². The first-order valence-corrected chi connectivity index (χ1v) is 12.2. The van der Waals surface area contributed by atoms with Gasteiger partial charge in [0.1, 0.15) is 7.11 Å². The molecule has 0 radical (unpaired) electrons. The maximum atomic E-state index is 13.5. The van der Waals surface area contributed by atoms with Crippen molar-refractivity contribution in [3.8, 4) is 0 Å². The molecule has 1 aromatic heterocycles. The minimum absolute atomic E-state index is 0.0919. The van der Waals surface area contributed by atoms with E-state index in [2.05, 4.69) is 0 Å². The molecular weight excluding hydrogens is 509 g/mol. The van der Waals surface area contributed by atoms with E-state index in [0.29, 0.717) is 59.3 Å². The molecule has 0 saturated carbocycles. The monoisotopic (exact) mass is 532 g/mol. The number of anilines is 1. The van der Waals surface area contributed by atoms with Crippen LogP contribution in [0.15, 0.2) is 53.3 Å². The van der Waals surface area contributed by atoms with Crippen LogP contribution in [0.2, 0.25) is 5.02 Å². The number of carbonyl (C=O) groups excluding carboxylic acids is 1. The fourth-order valence-electron chi connectivity index (χ4n) is 4.99. The Kier molecular flexibility index (Phi) is 6.61. The summed E-state index contributed by atoms with van der Waals surface area (Å²) >= 11 is 5.93. The average molecular weight is 533 g/mol. The summed E-state index contributed by atoms with van der Waals surface area (Å²) in [6.45, 7) is 1.05. The van der Waals surface area contributed by atoms with Crippen LogP contribution in [0.3, 0.4) is 0 Å². The van der Waals surface area contributed by atoms with Crippen LogP contribution in [0, 0.1) is 0 Å². The highest BCUT2D eigenvalue weighted by Crippen LogP contribution is 2.37. The third-order valence-electron chi connectivity index (χ3n) is 6.87. The van der Waals surface area contributed by atoms with E-state index >= 15 is 0 Å². The van der Waals surface area contributed by atoms with Gasteiger partial charge in [0.25, 0.3) is 11.5 Å². The lowest BCUT2D eigenvalue weighted by atomic mass is 10.0. The lowest BCUT2D eigenvalue weighted by Crippen LogP contribution is -2.43. The molecule has 2 aliphatic rings. The Bertz CT molecular complexity index is 1370. The molecule has 7 nitrogen and oxygen atoms in total. The predicted molar refractivity (Wildman–Crippen MR) is 132 cm³/mol. The van der Waals surface area contributed by atoms with Crippen LogP contribution in [0.4, 0.5) is 19.1 Å². The van der Waals surface area contributed by atoms with Gasteiger partial charge in [0, 0.05) is 30.1 Å². The number of nitrogens with zero attached hydrogens (tertiary/aromatic N) is 4. The number of carbonyl (C=O) groups is 1. The summed E-state index contributed by atoms with van der Waals surface area (Å²) in [4.78, 5) is 40.1. The van der Waals surface area contributed by atoms with Gasteiger partial charge in [-0.15, -0.1) is 4.73 Å². The van der Waals surface area contributed by atoms with E-state index in [1.165, 1.54) is 19.2 Å². The van der Waals surface area contributed by atoms with Gasteiger partial charge in [-0.2, -0.15) is 13.2 Å². The Morgan fingerprint density at radius 1 is 1.08 bits per heavy atom. The third kappa shape index (κ3) is 4.77. The van der Waals surface area contributed by atoms with E-state index in [0.717, 1.165) is 23.3 Å². The first-order chi connectivity index (χ1) is 17.7. The smallest absolute Gasteiger partial charge is 0.411 e. The zero-order valence-electron chi connectivity index (χ0n) is 20.0. The lowest BCUT2D eigenvalue weighted by Gasteiger charge is -2.32. The molecule has 3 heterocycles. The standard InChI is InChI=1S/C26H24ClF3N4O3/c1-37-34-24(36)20-15-32(23(35)17-6-10-19(27)11-7-17)14-12-21(20)31-25(34)33-13-2-3-22(33)16-4-8-18(9-5-16)26(28,29)30/h4-11,22H,2-3,12-15H2,1H3/t22-/m1/s1. The Morgan fingerprint density at radius 3 is 2.43 bits per heavy atom. The number of alkyl halides is 3. The highest BCUT2D eigenvalue weighted by molar-refractivity contribution is 6.30. The normalized spacial score (nSPS) is 17.6. The van der Waals surface area contributed by atoms with Crippen molar-refractivity contribution in [3.05, 3.63) is 91.9 Å². The maximum absolute atomic E-state index is 13.5. The summed E-state index contributed by atoms with van der Waals surface area (Å²) in [5.41, 5.74) is 1.03. The number of hydrogen-bond donors (Lipinski definition) is 0. The van der Waals surface area contributed by atoms with Gasteiger partial charge in [-0.3, -0.25) is 9.59 Å². The molecule has 2 aromatic carbocycles. The molecule has 11 heteroatoms. The minimum atomic E-state index is -4.41. The van der Waals surface area contributed by atoms with Gasteiger partial charge in [0.15, 0.2) is 0 Å². The number of benzene rings is 2. The first-order valence-electron chi connectivity index (χ1n) is 11.9. The van der Waals surface area contributed by atoms with Crippen LogP contribution in [0.5, 0.6) is 0 Å². The molecule has 0 unspecified atom stereocenters. The van der Waals surface area contributed by atoms with Crippen molar-refractivity contribution in [3.63, 3.8) is 0 Å². The summed E-state index contributed by atoms with van der Waals surface area (Å²) in [6.07, 6.45) is -2.54. The van der Waals surface area contributed by atoms with Gasteiger partial charge in [-0.25, -0.2) is 4.98 Å². The highest BCUT2D eigenvalue weighted by Gasteiger charge is 2.35. The summed E-state index contributed by atoms with van der Waals surface area (Å²) in [7, 11) is 1.36. The number of fused-ring (bicyclic) bond motifs is 1. The molecule has 0 aliphatic carbocycles. The van der Waals surface area contributed by atoms with Crippen molar-refractivity contribution in [1.82, 2.24) is 14.6 Å². The zero-order chi connectivity index (χ0) is 26.3. The van der Waals surface area contributed by atoms with Crippen molar-refractivity contribution in [2.45, 2.75) is 38.0 Å². The van der Waals surface area contributed by atoms with E-state index in [9.17, 15) is 22.8 Å². The topological polar surface area (TPSA) is 67.7 Å².